The van der Waals surface area contributed by atoms with E-state index in [4.69, 9.17) is 18.6 Å². The Morgan fingerprint density at radius 2 is 0.923 bits per heavy atom. The Bertz CT molecular complexity index is 1090. The number of ether oxygens (including phenoxy) is 4. The highest BCUT2D eigenvalue weighted by atomic mass is 28.4. The lowest BCUT2D eigenvalue weighted by molar-refractivity contribution is -0.182. The van der Waals surface area contributed by atoms with Crippen molar-refractivity contribution in [3.8, 4) is 0 Å². The SMILES string of the molecule is COC(=O)[C@@H](C)OC(=O)[C@@H](C)OC(=O)[C@@H](C)OC(=O)[C@H](C)O[Si](c1ccccc1)(c1ccccc1)C(C)(C)C. The maximum Gasteiger partial charge on any atom is 0.347 e. The number of carbonyl (C=O) groups excluding carboxylic acids is 4. The van der Waals surface area contributed by atoms with Crippen molar-refractivity contribution < 1.29 is 42.6 Å². The lowest BCUT2D eigenvalue weighted by Crippen LogP contribution is -2.68. The Hall–Kier alpha value is -3.50. The topological polar surface area (TPSA) is 114 Å². The Morgan fingerprint density at radius 3 is 1.26 bits per heavy atom. The highest BCUT2D eigenvalue weighted by Gasteiger charge is 2.52. The van der Waals surface area contributed by atoms with Crippen molar-refractivity contribution in [2.75, 3.05) is 7.11 Å². The third-order valence-electron chi connectivity index (χ3n) is 6.18. The van der Waals surface area contributed by atoms with Crippen LogP contribution in [0.4, 0.5) is 0 Å². The second kappa shape index (κ2) is 13.5. The van der Waals surface area contributed by atoms with E-state index in [-0.39, 0.29) is 5.04 Å². The predicted octanol–water partition coefficient (Wildman–Crippen LogP) is 2.92. The summed E-state index contributed by atoms with van der Waals surface area (Å²) < 4.78 is 26.6. The molecule has 0 aliphatic heterocycles. The van der Waals surface area contributed by atoms with Gasteiger partial charge in [0.05, 0.1) is 7.11 Å². The molecular formula is C29H38O9Si. The molecule has 10 heteroatoms. The Kier molecular flexibility index (Phi) is 11.0. The highest BCUT2D eigenvalue weighted by Crippen LogP contribution is 2.37. The summed E-state index contributed by atoms with van der Waals surface area (Å²) in [6.07, 6.45) is -4.85. The largest absolute Gasteiger partial charge is 0.466 e. The van der Waals surface area contributed by atoms with Crippen molar-refractivity contribution in [2.45, 2.75) is 77.9 Å². The number of carbonyl (C=O) groups is 4. The summed E-state index contributed by atoms with van der Waals surface area (Å²) in [7, 11) is -1.88. The van der Waals surface area contributed by atoms with Crippen LogP contribution in [0.5, 0.6) is 0 Å². The van der Waals surface area contributed by atoms with Gasteiger partial charge in [-0.05, 0) is 43.1 Å². The molecule has 0 fully saturated rings. The molecule has 0 saturated carbocycles. The summed E-state index contributed by atoms with van der Waals surface area (Å²) in [5.74, 6) is -3.39. The van der Waals surface area contributed by atoms with Crippen LogP contribution in [0, 0.1) is 0 Å². The number of esters is 4. The first-order valence-corrected chi connectivity index (χ1v) is 14.6. The maximum atomic E-state index is 13.1. The summed E-state index contributed by atoms with van der Waals surface area (Å²) >= 11 is 0. The van der Waals surface area contributed by atoms with E-state index in [1.165, 1.54) is 20.8 Å². The van der Waals surface area contributed by atoms with Gasteiger partial charge in [0, 0.05) is 0 Å². The number of hydrogen-bond donors (Lipinski definition) is 0. The molecule has 0 spiro atoms. The minimum absolute atomic E-state index is 0.369. The zero-order chi connectivity index (χ0) is 29.4. The van der Waals surface area contributed by atoms with Gasteiger partial charge in [-0.2, -0.15) is 0 Å². The lowest BCUT2D eigenvalue weighted by atomic mass is 10.2. The van der Waals surface area contributed by atoms with Gasteiger partial charge in [0.25, 0.3) is 8.32 Å². The first kappa shape index (κ1) is 31.7. The summed E-state index contributed by atoms with van der Waals surface area (Å²) in [5, 5.41) is 1.61. The summed E-state index contributed by atoms with van der Waals surface area (Å²) in [5.41, 5.74) is 0. The fourth-order valence-electron chi connectivity index (χ4n) is 4.13. The van der Waals surface area contributed by atoms with Gasteiger partial charge >= 0.3 is 23.9 Å². The summed E-state index contributed by atoms with van der Waals surface area (Å²) in [6, 6.07) is 19.6. The fourth-order valence-corrected chi connectivity index (χ4v) is 8.77. The van der Waals surface area contributed by atoms with Crippen LogP contribution in [0.15, 0.2) is 60.7 Å². The van der Waals surface area contributed by atoms with Gasteiger partial charge in [-0.1, -0.05) is 81.4 Å². The minimum atomic E-state index is -3.04. The average Bonchev–Trinajstić information content (AvgIpc) is 2.90. The molecule has 0 saturated heterocycles. The number of methoxy groups -OCH3 is 1. The van der Waals surface area contributed by atoms with Crippen LogP contribution in [-0.2, 0) is 42.6 Å². The van der Waals surface area contributed by atoms with E-state index in [2.05, 4.69) is 25.5 Å². The van der Waals surface area contributed by atoms with Crippen LogP contribution in [0.3, 0.4) is 0 Å². The van der Waals surface area contributed by atoms with Crippen molar-refractivity contribution in [3.63, 3.8) is 0 Å². The Balaban J connectivity index is 2.18. The molecule has 0 unspecified atom stereocenters. The van der Waals surface area contributed by atoms with Crippen molar-refractivity contribution in [2.24, 2.45) is 0 Å². The second-order valence-corrected chi connectivity index (χ2v) is 14.4. The third-order valence-corrected chi connectivity index (χ3v) is 11.3. The molecule has 0 N–H and O–H groups in total. The van der Waals surface area contributed by atoms with Crippen LogP contribution in [0.2, 0.25) is 5.04 Å². The monoisotopic (exact) mass is 558 g/mol. The molecule has 2 aromatic carbocycles. The van der Waals surface area contributed by atoms with E-state index in [1.54, 1.807) is 6.92 Å². The van der Waals surface area contributed by atoms with Crippen LogP contribution in [0.25, 0.3) is 0 Å². The first-order valence-electron chi connectivity index (χ1n) is 12.7. The van der Waals surface area contributed by atoms with E-state index in [0.29, 0.717) is 0 Å². The van der Waals surface area contributed by atoms with E-state index in [0.717, 1.165) is 17.5 Å². The van der Waals surface area contributed by atoms with E-state index < -0.39 is 56.6 Å². The zero-order valence-electron chi connectivity index (χ0n) is 23.8. The lowest BCUT2D eigenvalue weighted by Gasteiger charge is -2.44. The molecule has 0 aliphatic rings. The van der Waals surface area contributed by atoms with E-state index in [1.807, 2.05) is 60.7 Å². The Labute approximate surface area is 230 Å². The van der Waals surface area contributed by atoms with Gasteiger partial charge in [-0.15, -0.1) is 0 Å². The van der Waals surface area contributed by atoms with Crippen LogP contribution < -0.4 is 10.4 Å². The highest BCUT2D eigenvalue weighted by molar-refractivity contribution is 6.99. The molecule has 0 aromatic heterocycles. The van der Waals surface area contributed by atoms with Crippen molar-refractivity contribution >= 4 is 42.6 Å². The average molecular weight is 559 g/mol. The molecule has 9 nitrogen and oxygen atoms in total. The summed E-state index contributed by atoms with van der Waals surface area (Å²) in [6.45, 7) is 11.8. The molecule has 0 heterocycles. The fraction of sp³-hybridized carbons (Fsp3) is 0.448. The molecule has 0 aliphatic carbocycles. The molecule has 2 aromatic rings. The molecule has 0 radical (unpaired) electrons. The molecule has 4 atom stereocenters. The number of rotatable bonds is 11. The van der Waals surface area contributed by atoms with Crippen LogP contribution >= 0.6 is 0 Å². The minimum Gasteiger partial charge on any atom is -0.466 e. The third kappa shape index (κ3) is 7.76. The van der Waals surface area contributed by atoms with Gasteiger partial charge in [0.1, 0.15) is 6.10 Å². The van der Waals surface area contributed by atoms with Crippen LogP contribution in [0.1, 0.15) is 48.5 Å². The van der Waals surface area contributed by atoms with E-state index >= 15 is 0 Å². The zero-order valence-corrected chi connectivity index (χ0v) is 24.8. The van der Waals surface area contributed by atoms with Gasteiger partial charge in [0.15, 0.2) is 18.3 Å². The second-order valence-electron chi connectivity index (χ2n) is 10.2. The normalized spacial score (nSPS) is 14.8. The molecule has 0 bridgehead atoms. The smallest absolute Gasteiger partial charge is 0.347 e. The summed E-state index contributed by atoms with van der Waals surface area (Å²) in [4.78, 5) is 49.3. The van der Waals surface area contributed by atoms with Gasteiger partial charge < -0.3 is 23.4 Å². The van der Waals surface area contributed by atoms with Gasteiger partial charge in [0.2, 0.25) is 0 Å². The van der Waals surface area contributed by atoms with Crippen molar-refractivity contribution in [1.29, 1.82) is 0 Å². The quantitative estimate of drug-likeness (QED) is 0.233. The predicted molar refractivity (Wildman–Crippen MR) is 147 cm³/mol. The number of hydrogen-bond acceptors (Lipinski definition) is 9. The molecule has 212 valence electrons. The first-order chi connectivity index (χ1) is 18.2. The molecular weight excluding hydrogens is 520 g/mol. The Morgan fingerprint density at radius 1 is 0.590 bits per heavy atom. The number of benzene rings is 2. The van der Waals surface area contributed by atoms with E-state index in [9.17, 15) is 19.2 Å². The molecule has 39 heavy (non-hydrogen) atoms. The van der Waals surface area contributed by atoms with Crippen molar-refractivity contribution in [3.05, 3.63) is 60.7 Å². The van der Waals surface area contributed by atoms with Gasteiger partial charge in [-0.25, -0.2) is 19.2 Å². The molecule has 2 rings (SSSR count). The molecule has 0 amide bonds. The van der Waals surface area contributed by atoms with Gasteiger partial charge in [-0.3, -0.25) is 0 Å². The van der Waals surface area contributed by atoms with Crippen LogP contribution in [-0.4, -0.2) is 63.7 Å². The maximum absolute atomic E-state index is 13.1. The standard InChI is InChI=1S/C29H38O9Si/c1-19(25(30)34-8)35-26(31)20(2)36-27(32)21(3)37-28(33)22(4)38-39(29(5,6)7,23-15-11-9-12-16-23)24-17-13-10-14-18-24/h9-22H,1-8H3/t19-,20-,21-,22+/m1/s1. The van der Waals surface area contributed by atoms with Crippen molar-refractivity contribution in [1.82, 2.24) is 0 Å².